The van der Waals surface area contributed by atoms with Gasteiger partial charge in [0.05, 0.1) is 13.3 Å². The zero-order chi connectivity index (χ0) is 7.40. The van der Waals surface area contributed by atoms with Crippen molar-refractivity contribution in [2.24, 2.45) is 5.92 Å². The van der Waals surface area contributed by atoms with Crippen LogP contribution in [0.3, 0.4) is 0 Å². The first-order chi connectivity index (χ1) is 4.84. The Labute approximate surface area is 62.3 Å². The van der Waals surface area contributed by atoms with E-state index in [1.165, 1.54) is 0 Å². The largest absolute Gasteiger partial charge is 0.366 e. The lowest BCUT2D eigenvalue weighted by Gasteiger charge is -2.27. The van der Waals surface area contributed by atoms with Crippen molar-refractivity contribution in [1.29, 1.82) is 0 Å². The fourth-order valence-electron chi connectivity index (χ4n) is 1.17. The minimum Gasteiger partial charge on any atom is -0.366 e. The van der Waals surface area contributed by atoms with Gasteiger partial charge in [0.15, 0.2) is 0 Å². The van der Waals surface area contributed by atoms with Crippen LogP contribution in [0.15, 0.2) is 12.2 Å². The van der Waals surface area contributed by atoms with E-state index in [4.69, 9.17) is 4.74 Å². The highest BCUT2D eigenvalue weighted by Crippen LogP contribution is 2.08. The monoisotopic (exact) mass is 141 g/mol. The molecular weight excluding hydrogens is 126 g/mol. The summed E-state index contributed by atoms with van der Waals surface area (Å²) in [7, 11) is 0. The summed E-state index contributed by atoms with van der Waals surface area (Å²) < 4.78 is 5.21. The molecule has 1 rings (SSSR count). The maximum absolute atomic E-state index is 5.21. The fourth-order valence-corrected chi connectivity index (χ4v) is 1.17. The molecule has 2 unspecified atom stereocenters. The van der Waals surface area contributed by atoms with Gasteiger partial charge < -0.3 is 4.74 Å². The molecule has 2 nitrogen and oxygen atoms in total. The Balaban J connectivity index is 2.39. The van der Waals surface area contributed by atoms with E-state index in [0.29, 0.717) is 18.7 Å². The molecule has 1 aliphatic heterocycles. The van der Waals surface area contributed by atoms with Gasteiger partial charge in [0.1, 0.15) is 0 Å². The summed E-state index contributed by atoms with van der Waals surface area (Å²) in [5.74, 6) is 0.602. The minimum absolute atomic E-state index is 0.513. The average molecular weight is 141 g/mol. The Morgan fingerprint density at radius 1 is 1.60 bits per heavy atom. The molecule has 1 N–H and O–H groups in total. The first-order valence-corrected chi connectivity index (χ1v) is 3.78. The van der Waals surface area contributed by atoms with E-state index in [-0.39, 0.29) is 0 Å². The SMILES string of the molecule is C/C=C\C1NCOCC1C. The van der Waals surface area contributed by atoms with E-state index in [9.17, 15) is 0 Å². The van der Waals surface area contributed by atoms with E-state index in [1.54, 1.807) is 0 Å². The van der Waals surface area contributed by atoms with Crippen molar-refractivity contribution in [3.05, 3.63) is 12.2 Å². The number of hydrogen-bond acceptors (Lipinski definition) is 2. The van der Waals surface area contributed by atoms with Gasteiger partial charge in [-0.05, 0) is 12.8 Å². The predicted octanol–water partition coefficient (Wildman–Crippen LogP) is 1.14. The molecule has 0 radical (unpaired) electrons. The molecular formula is C8H15NO. The van der Waals surface area contributed by atoms with Crippen LogP contribution < -0.4 is 5.32 Å². The van der Waals surface area contributed by atoms with Gasteiger partial charge in [-0.3, -0.25) is 5.32 Å². The van der Waals surface area contributed by atoms with Crippen LogP contribution in [0.2, 0.25) is 0 Å². The van der Waals surface area contributed by atoms with Gasteiger partial charge in [0, 0.05) is 6.04 Å². The summed E-state index contributed by atoms with van der Waals surface area (Å²) in [5.41, 5.74) is 0. The van der Waals surface area contributed by atoms with Crippen LogP contribution >= 0.6 is 0 Å². The molecule has 1 heterocycles. The highest BCUT2D eigenvalue weighted by Gasteiger charge is 2.17. The number of allylic oxidation sites excluding steroid dienone is 1. The summed E-state index contributed by atoms with van der Waals surface area (Å²) >= 11 is 0. The zero-order valence-electron chi connectivity index (χ0n) is 6.63. The molecule has 0 aromatic rings. The quantitative estimate of drug-likeness (QED) is 0.553. The second kappa shape index (κ2) is 3.74. The van der Waals surface area contributed by atoms with E-state index >= 15 is 0 Å². The van der Waals surface area contributed by atoms with Crippen LogP contribution in [-0.2, 0) is 4.74 Å². The molecule has 10 heavy (non-hydrogen) atoms. The van der Waals surface area contributed by atoms with Gasteiger partial charge in [-0.15, -0.1) is 0 Å². The predicted molar refractivity (Wildman–Crippen MR) is 41.7 cm³/mol. The van der Waals surface area contributed by atoms with Crippen LogP contribution in [0.1, 0.15) is 13.8 Å². The first kappa shape index (κ1) is 7.76. The van der Waals surface area contributed by atoms with Gasteiger partial charge in [-0.2, -0.15) is 0 Å². The molecule has 0 amide bonds. The average Bonchev–Trinajstić information content (AvgIpc) is 1.94. The summed E-state index contributed by atoms with van der Waals surface area (Å²) in [6, 6.07) is 0.513. The highest BCUT2D eigenvalue weighted by atomic mass is 16.5. The lowest BCUT2D eigenvalue weighted by molar-refractivity contribution is 0.0354. The molecule has 0 aliphatic carbocycles. The first-order valence-electron chi connectivity index (χ1n) is 3.78. The third-order valence-corrected chi connectivity index (χ3v) is 1.81. The summed E-state index contributed by atoms with van der Waals surface area (Å²) in [4.78, 5) is 0. The molecule has 2 heteroatoms. The molecule has 0 saturated carbocycles. The van der Waals surface area contributed by atoms with Crippen molar-refractivity contribution >= 4 is 0 Å². The third-order valence-electron chi connectivity index (χ3n) is 1.81. The molecule has 2 atom stereocenters. The molecule has 0 aromatic carbocycles. The van der Waals surface area contributed by atoms with Crippen molar-refractivity contribution < 1.29 is 4.74 Å². The normalized spacial score (nSPS) is 35.0. The maximum Gasteiger partial charge on any atom is 0.0970 e. The minimum atomic E-state index is 0.513. The number of ether oxygens (including phenoxy) is 1. The van der Waals surface area contributed by atoms with Crippen molar-refractivity contribution in [2.45, 2.75) is 19.9 Å². The maximum atomic E-state index is 5.21. The van der Waals surface area contributed by atoms with Gasteiger partial charge in [0.25, 0.3) is 0 Å². The summed E-state index contributed by atoms with van der Waals surface area (Å²) in [6.45, 7) is 5.81. The number of hydrogen-bond donors (Lipinski definition) is 1. The summed E-state index contributed by atoms with van der Waals surface area (Å²) in [5, 5.41) is 3.26. The van der Waals surface area contributed by atoms with Gasteiger partial charge in [0.2, 0.25) is 0 Å². The lowest BCUT2D eigenvalue weighted by atomic mass is 10.0. The summed E-state index contributed by atoms with van der Waals surface area (Å²) in [6.07, 6.45) is 4.27. The Morgan fingerprint density at radius 3 is 3.00 bits per heavy atom. The Hall–Kier alpha value is -0.340. The third kappa shape index (κ3) is 1.82. The van der Waals surface area contributed by atoms with E-state index in [0.717, 1.165) is 6.61 Å². The second-order valence-corrected chi connectivity index (χ2v) is 2.75. The molecule has 1 saturated heterocycles. The van der Waals surface area contributed by atoms with Crippen LogP contribution in [0, 0.1) is 5.92 Å². The molecule has 0 bridgehead atoms. The topological polar surface area (TPSA) is 21.3 Å². The van der Waals surface area contributed by atoms with Gasteiger partial charge >= 0.3 is 0 Å². The van der Waals surface area contributed by atoms with Crippen LogP contribution in [-0.4, -0.2) is 19.4 Å². The van der Waals surface area contributed by atoms with E-state index < -0.39 is 0 Å². The second-order valence-electron chi connectivity index (χ2n) is 2.75. The van der Waals surface area contributed by atoms with Crippen molar-refractivity contribution in [3.63, 3.8) is 0 Å². The van der Waals surface area contributed by atoms with Crippen LogP contribution in [0.25, 0.3) is 0 Å². The highest BCUT2D eigenvalue weighted by molar-refractivity contribution is 4.94. The van der Waals surface area contributed by atoms with E-state index in [1.807, 2.05) is 6.92 Å². The smallest absolute Gasteiger partial charge is 0.0970 e. The Bertz CT molecular complexity index is 122. The fraction of sp³-hybridized carbons (Fsp3) is 0.750. The van der Waals surface area contributed by atoms with Crippen molar-refractivity contribution in [2.75, 3.05) is 13.3 Å². The van der Waals surface area contributed by atoms with E-state index in [2.05, 4.69) is 24.4 Å². The van der Waals surface area contributed by atoms with Gasteiger partial charge in [-0.25, -0.2) is 0 Å². The zero-order valence-corrected chi connectivity index (χ0v) is 6.63. The Morgan fingerprint density at radius 2 is 2.40 bits per heavy atom. The number of rotatable bonds is 1. The van der Waals surface area contributed by atoms with Crippen LogP contribution in [0.5, 0.6) is 0 Å². The standard InChI is InChI=1S/C8H15NO/c1-3-4-8-7(2)5-10-6-9-8/h3-4,7-9H,5-6H2,1-2H3/b4-3-. The molecule has 0 spiro atoms. The Kier molecular flexibility index (Phi) is 2.90. The molecule has 1 fully saturated rings. The molecule has 0 aromatic heterocycles. The van der Waals surface area contributed by atoms with Crippen LogP contribution in [0.4, 0.5) is 0 Å². The van der Waals surface area contributed by atoms with Crippen molar-refractivity contribution in [1.82, 2.24) is 5.32 Å². The van der Waals surface area contributed by atoms with Crippen molar-refractivity contribution in [3.8, 4) is 0 Å². The molecule has 58 valence electrons. The number of nitrogens with one attached hydrogen (secondary N) is 1. The lowest BCUT2D eigenvalue weighted by Crippen LogP contribution is -2.42. The molecule has 1 aliphatic rings. The van der Waals surface area contributed by atoms with Gasteiger partial charge in [-0.1, -0.05) is 19.1 Å².